The SMILES string of the molecule is C=C[C@]1(CC)C[C@](CC)(C(=O)OC)OO1. The number of ether oxygens (including phenoxy) is 1. The molecule has 86 valence electrons. The lowest BCUT2D eigenvalue weighted by Crippen LogP contribution is -2.40. The summed E-state index contributed by atoms with van der Waals surface area (Å²) in [6, 6.07) is 0. The number of rotatable bonds is 4. The zero-order valence-corrected chi connectivity index (χ0v) is 9.54. The van der Waals surface area contributed by atoms with Crippen LogP contribution in [-0.2, 0) is 19.3 Å². The number of hydrogen-bond acceptors (Lipinski definition) is 4. The van der Waals surface area contributed by atoms with Gasteiger partial charge in [-0.2, -0.15) is 0 Å². The Morgan fingerprint density at radius 2 is 2.13 bits per heavy atom. The van der Waals surface area contributed by atoms with Crippen LogP contribution in [0.15, 0.2) is 12.7 Å². The standard InChI is InChI=1S/C11H18O4/c1-5-10(6-2)8-11(7-3,15-14-10)9(12)13-4/h5H,1,6-8H2,2-4H3/t10-,11+/m0/s1. The van der Waals surface area contributed by atoms with Gasteiger partial charge < -0.3 is 4.74 Å². The molecule has 1 aliphatic heterocycles. The van der Waals surface area contributed by atoms with Crippen LogP contribution >= 0.6 is 0 Å². The second kappa shape index (κ2) is 4.33. The molecule has 0 aromatic heterocycles. The third-order valence-corrected chi connectivity index (χ3v) is 3.05. The zero-order valence-electron chi connectivity index (χ0n) is 9.54. The monoisotopic (exact) mass is 214 g/mol. The van der Waals surface area contributed by atoms with E-state index in [-0.39, 0.29) is 5.97 Å². The van der Waals surface area contributed by atoms with Crippen molar-refractivity contribution in [1.82, 2.24) is 0 Å². The fourth-order valence-corrected chi connectivity index (χ4v) is 1.76. The average molecular weight is 214 g/mol. The second-order valence-electron chi connectivity index (χ2n) is 3.81. The van der Waals surface area contributed by atoms with Gasteiger partial charge in [-0.1, -0.05) is 19.9 Å². The maximum Gasteiger partial charge on any atom is 0.341 e. The quantitative estimate of drug-likeness (QED) is 0.408. The van der Waals surface area contributed by atoms with Crippen molar-refractivity contribution < 1.29 is 19.3 Å². The molecule has 2 atom stereocenters. The maximum atomic E-state index is 11.6. The third kappa shape index (κ3) is 1.92. The minimum Gasteiger partial charge on any atom is -0.467 e. The van der Waals surface area contributed by atoms with E-state index in [2.05, 4.69) is 6.58 Å². The van der Waals surface area contributed by atoms with Crippen molar-refractivity contribution in [2.24, 2.45) is 0 Å². The molecule has 0 unspecified atom stereocenters. The van der Waals surface area contributed by atoms with Gasteiger partial charge >= 0.3 is 5.97 Å². The molecule has 4 heteroatoms. The predicted molar refractivity (Wildman–Crippen MR) is 55.0 cm³/mol. The molecule has 0 amide bonds. The molecule has 1 rings (SSSR count). The smallest absolute Gasteiger partial charge is 0.341 e. The Morgan fingerprint density at radius 1 is 1.47 bits per heavy atom. The van der Waals surface area contributed by atoms with Crippen LogP contribution in [0.2, 0.25) is 0 Å². The summed E-state index contributed by atoms with van der Waals surface area (Å²) in [5.74, 6) is -0.387. The number of esters is 1. The maximum absolute atomic E-state index is 11.6. The van der Waals surface area contributed by atoms with Gasteiger partial charge in [-0.25, -0.2) is 14.6 Å². The number of carbonyl (C=O) groups excluding carboxylic acids is 1. The van der Waals surface area contributed by atoms with Crippen molar-refractivity contribution in [3.8, 4) is 0 Å². The molecule has 0 N–H and O–H groups in total. The fourth-order valence-electron chi connectivity index (χ4n) is 1.76. The Bertz CT molecular complexity index is 263. The molecule has 1 aliphatic rings. The summed E-state index contributed by atoms with van der Waals surface area (Å²) in [6.45, 7) is 7.55. The van der Waals surface area contributed by atoms with E-state index in [1.807, 2.05) is 13.8 Å². The highest BCUT2D eigenvalue weighted by Crippen LogP contribution is 2.41. The third-order valence-electron chi connectivity index (χ3n) is 3.05. The molecule has 0 radical (unpaired) electrons. The summed E-state index contributed by atoms with van der Waals surface area (Å²) in [7, 11) is 1.35. The van der Waals surface area contributed by atoms with Gasteiger partial charge in [0.1, 0.15) is 5.60 Å². The van der Waals surface area contributed by atoms with E-state index >= 15 is 0 Å². The van der Waals surface area contributed by atoms with E-state index in [0.717, 1.165) is 6.42 Å². The summed E-state index contributed by atoms with van der Waals surface area (Å²) < 4.78 is 4.73. The highest BCUT2D eigenvalue weighted by Gasteiger charge is 2.54. The topological polar surface area (TPSA) is 44.8 Å². The molecule has 1 fully saturated rings. The highest BCUT2D eigenvalue weighted by atomic mass is 17.2. The van der Waals surface area contributed by atoms with Crippen molar-refractivity contribution in [3.63, 3.8) is 0 Å². The average Bonchev–Trinajstić information content (AvgIpc) is 2.69. The van der Waals surface area contributed by atoms with Gasteiger partial charge in [0.15, 0.2) is 0 Å². The summed E-state index contributed by atoms with van der Waals surface area (Å²) in [4.78, 5) is 22.1. The summed E-state index contributed by atoms with van der Waals surface area (Å²) >= 11 is 0. The van der Waals surface area contributed by atoms with Crippen LogP contribution in [0.3, 0.4) is 0 Å². The summed E-state index contributed by atoms with van der Waals surface area (Å²) in [5, 5.41) is 0. The zero-order chi connectivity index (χ0) is 11.5. The van der Waals surface area contributed by atoms with E-state index in [9.17, 15) is 4.79 Å². The lowest BCUT2D eigenvalue weighted by Gasteiger charge is -2.22. The summed E-state index contributed by atoms with van der Waals surface area (Å²) in [5.41, 5.74) is -1.54. The van der Waals surface area contributed by atoms with E-state index in [1.165, 1.54) is 7.11 Å². The van der Waals surface area contributed by atoms with Gasteiger partial charge in [0.05, 0.1) is 7.11 Å². The van der Waals surface area contributed by atoms with E-state index < -0.39 is 11.2 Å². The first-order valence-electron chi connectivity index (χ1n) is 5.17. The van der Waals surface area contributed by atoms with Gasteiger partial charge in [-0.05, 0) is 12.8 Å². The Kier molecular flexibility index (Phi) is 3.52. The lowest BCUT2D eigenvalue weighted by molar-refractivity contribution is -0.337. The largest absolute Gasteiger partial charge is 0.467 e. The fraction of sp³-hybridized carbons (Fsp3) is 0.727. The van der Waals surface area contributed by atoms with Crippen molar-refractivity contribution in [1.29, 1.82) is 0 Å². The second-order valence-corrected chi connectivity index (χ2v) is 3.81. The molecule has 4 nitrogen and oxygen atoms in total. The number of hydrogen-bond donors (Lipinski definition) is 0. The van der Waals surface area contributed by atoms with Gasteiger partial charge in [-0.15, -0.1) is 6.58 Å². The van der Waals surface area contributed by atoms with Crippen molar-refractivity contribution in [2.45, 2.75) is 44.3 Å². The van der Waals surface area contributed by atoms with Crippen molar-refractivity contribution in [2.75, 3.05) is 7.11 Å². The van der Waals surface area contributed by atoms with E-state index in [4.69, 9.17) is 14.5 Å². The molecule has 0 spiro atoms. The number of carbonyl (C=O) groups is 1. The Hall–Kier alpha value is -0.870. The first-order valence-corrected chi connectivity index (χ1v) is 5.17. The van der Waals surface area contributed by atoms with Crippen LogP contribution in [0.25, 0.3) is 0 Å². The molecule has 0 aliphatic carbocycles. The highest BCUT2D eigenvalue weighted by molar-refractivity contribution is 5.79. The van der Waals surface area contributed by atoms with Gasteiger partial charge in [0.2, 0.25) is 5.60 Å². The lowest BCUT2D eigenvalue weighted by atomic mass is 9.84. The van der Waals surface area contributed by atoms with E-state index in [1.54, 1.807) is 6.08 Å². The van der Waals surface area contributed by atoms with Crippen LogP contribution in [0.5, 0.6) is 0 Å². The molecule has 1 heterocycles. The molecular formula is C11H18O4. The minimum atomic E-state index is -0.973. The van der Waals surface area contributed by atoms with Crippen LogP contribution in [0.4, 0.5) is 0 Å². The molecule has 0 aromatic rings. The Labute approximate surface area is 90.1 Å². The van der Waals surface area contributed by atoms with Gasteiger partial charge in [0, 0.05) is 6.42 Å². The molecular weight excluding hydrogens is 196 g/mol. The first kappa shape index (κ1) is 12.2. The summed E-state index contributed by atoms with van der Waals surface area (Å²) in [6.07, 6.45) is 3.39. The predicted octanol–water partition coefficient (Wildman–Crippen LogP) is 1.99. The van der Waals surface area contributed by atoms with E-state index in [0.29, 0.717) is 12.8 Å². The molecule has 0 aromatic carbocycles. The molecule has 0 bridgehead atoms. The van der Waals surface area contributed by atoms with Crippen LogP contribution in [0.1, 0.15) is 33.1 Å². The van der Waals surface area contributed by atoms with Crippen molar-refractivity contribution >= 4 is 5.97 Å². The van der Waals surface area contributed by atoms with Crippen LogP contribution in [0, 0.1) is 0 Å². The normalized spacial score (nSPS) is 35.1. The van der Waals surface area contributed by atoms with Crippen molar-refractivity contribution in [3.05, 3.63) is 12.7 Å². The molecule has 0 saturated carbocycles. The molecule has 1 saturated heterocycles. The van der Waals surface area contributed by atoms with Crippen LogP contribution < -0.4 is 0 Å². The Balaban J connectivity index is 2.90. The number of methoxy groups -OCH3 is 1. The molecule has 15 heavy (non-hydrogen) atoms. The van der Waals surface area contributed by atoms with Gasteiger partial charge in [0.25, 0.3) is 0 Å². The van der Waals surface area contributed by atoms with Crippen LogP contribution in [-0.4, -0.2) is 24.3 Å². The Morgan fingerprint density at radius 3 is 2.47 bits per heavy atom. The van der Waals surface area contributed by atoms with Gasteiger partial charge in [-0.3, -0.25) is 0 Å². The minimum absolute atomic E-state index is 0.387. The first-order chi connectivity index (χ1) is 7.08.